The van der Waals surface area contributed by atoms with E-state index in [0.717, 1.165) is 20.8 Å². The highest BCUT2D eigenvalue weighted by molar-refractivity contribution is 8.00. The van der Waals surface area contributed by atoms with Gasteiger partial charge in [-0.05, 0) is 24.4 Å². The van der Waals surface area contributed by atoms with Gasteiger partial charge in [0, 0.05) is 10.3 Å². The number of carbonyl (C=O) groups excluding carboxylic acids is 1. The number of nitrogens with zero attached hydrogens (tertiary/aromatic N) is 2. The van der Waals surface area contributed by atoms with E-state index in [-0.39, 0.29) is 11.9 Å². The molecule has 1 aromatic carbocycles. The molecular weight excluding hydrogens is 314 g/mol. The zero-order valence-electron chi connectivity index (χ0n) is 12.0. The second-order valence-electron chi connectivity index (χ2n) is 4.79. The van der Waals surface area contributed by atoms with Gasteiger partial charge in [-0.25, -0.2) is 9.97 Å². The minimum absolute atomic E-state index is 0.00796. The summed E-state index contributed by atoms with van der Waals surface area (Å²) in [6.45, 7) is 1.99. The molecule has 0 spiro atoms. The number of amides is 1. The number of fused-ring (bicyclic) bond motifs is 1. The van der Waals surface area contributed by atoms with Crippen molar-refractivity contribution in [2.75, 3.05) is 5.75 Å². The molecule has 112 valence electrons. The Morgan fingerprint density at radius 3 is 2.95 bits per heavy atom. The number of hydrogen-bond donors (Lipinski definition) is 1. The summed E-state index contributed by atoms with van der Waals surface area (Å²) in [5, 5.41) is 6.84. The number of nitrogens with one attached hydrogen (secondary N) is 1. The molecule has 3 aromatic rings. The average molecular weight is 329 g/mol. The molecule has 6 heteroatoms. The highest BCUT2D eigenvalue weighted by Gasteiger charge is 2.12. The maximum absolute atomic E-state index is 12.1. The zero-order chi connectivity index (χ0) is 15.4. The van der Waals surface area contributed by atoms with Gasteiger partial charge in [0.05, 0.1) is 17.3 Å². The first-order valence-corrected chi connectivity index (χ1v) is 8.76. The summed E-state index contributed by atoms with van der Waals surface area (Å²) in [4.78, 5) is 21.8. The van der Waals surface area contributed by atoms with Crippen LogP contribution in [0, 0.1) is 0 Å². The van der Waals surface area contributed by atoms with E-state index >= 15 is 0 Å². The van der Waals surface area contributed by atoms with Crippen LogP contribution in [0.2, 0.25) is 0 Å². The van der Waals surface area contributed by atoms with Crippen LogP contribution in [-0.4, -0.2) is 21.6 Å². The highest BCUT2D eigenvalue weighted by Crippen LogP contribution is 2.24. The Kier molecular flexibility index (Phi) is 4.70. The first kappa shape index (κ1) is 15.0. The molecule has 2 heterocycles. The highest BCUT2D eigenvalue weighted by atomic mass is 32.2. The molecule has 3 rings (SSSR count). The maximum Gasteiger partial charge on any atom is 0.230 e. The molecule has 1 N–H and O–H groups in total. The van der Waals surface area contributed by atoms with E-state index in [9.17, 15) is 4.79 Å². The van der Waals surface area contributed by atoms with Crippen LogP contribution in [0.25, 0.3) is 10.9 Å². The van der Waals surface area contributed by atoms with Gasteiger partial charge in [-0.1, -0.05) is 36.0 Å². The summed E-state index contributed by atoms with van der Waals surface area (Å²) in [5.74, 6) is 0.352. The fraction of sp³-hybridized carbons (Fsp3) is 0.188. The monoisotopic (exact) mass is 329 g/mol. The van der Waals surface area contributed by atoms with E-state index in [0.29, 0.717) is 5.75 Å². The van der Waals surface area contributed by atoms with Crippen LogP contribution in [0.15, 0.2) is 53.1 Å². The van der Waals surface area contributed by atoms with Crippen molar-refractivity contribution in [2.45, 2.75) is 18.0 Å². The fourth-order valence-electron chi connectivity index (χ4n) is 2.12. The third-order valence-electron chi connectivity index (χ3n) is 3.19. The van der Waals surface area contributed by atoms with Crippen molar-refractivity contribution < 1.29 is 4.79 Å². The van der Waals surface area contributed by atoms with E-state index in [1.54, 1.807) is 11.3 Å². The van der Waals surface area contributed by atoms with Crippen molar-refractivity contribution >= 4 is 39.9 Å². The summed E-state index contributed by atoms with van der Waals surface area (Å²) in [6, 6.07) is 11.9. The summed E-state index contributed by atoms with van der Waals surface area (Å²) < 4.78 is 0. The average Bonchev–Trinajstić information content (AvgIpc) is 3.07. The molecule has 4 nitrogen and oxygen atoms in total. The fourth-order valence-corrected chi connectivity index (χ4v) is 3.66. The lowest BCUT2D eigenvalue weighted by Crippen LogP contribution is -2.27. The second kappa shape index (κ2) is 6.89. The standard InChI is InChI=1S/C16H15N3OS2/c1-11(14-7-4-8-21-14)19-15(20)9-22-16-12-5-2-3-6-13(12)17-10-18-16/h2-8,10-11H,9H2,1H3,(H,19,20)/t11-/m0/s1. The molecule has 0 saturated carbocycles. The number of rotatable bonds is 5. The van der Waals surface area contributed by atoms with Crippen LogP contribution >= 0.6 is 23.1 Å². The minimum atomic E-state index is 0.00796. The van der Waals surface area contributed by atoms with Gasteiger partial charge < -0.3 is 5.32 Å². The summed E-state index contributed by atoms with van der Waals surface area (Å²) in [6.07, 6.45) is 1.54. The van der Waals surface area contributed by atoms with E-state index in [1.165, 1.54) is 18.1 Å². The Morgan fingerprint density at radius 1 is 1.27 bits per heavy atom. The summed E-state index contributed by atoms with van der Waals surface area (Å²) in [7, 11) is 0. The SMILES string of the molecule is C[C@H](NC(=O)CSc1ncnc2ccccc12)c1cccs1. The smallest absolute Gasteiger partial charge is 0.230 e. The third kappa shape index (κ3) is 3.45. The van der Waals surface area contributed by atoms with Crippen LogP contribution in [0.5, 0.6) is 0 Å². The van der Waals surface area contributed by atoms with Gasteiger partial charge >= 0.3 is 0 Å². The number of benzene rings is 1. The van der Waals surface area contributed by atoms with Gasteiger partial charge in [-0.2, -0.15) is 0 Å². The van der Waals surface area contributed by atoms with Gasteiger partial charge in [0.25, 0.3) is 0 Å². The maximum atomic E-state index is 12.1. The molecule has 1 atom stereocenters. The first-order chi connectivity index (χ1) is 10.7. The van der Waals surface area contributed by atoms with Crippen molar-refractivity contribution in [3.8, 4) is 0 Å². The zero-order valence-corrected chi connectivity index (χ0v) is 13.7. The largest absolute Gasteiger partial charge is 0.348 e. The van der Waals surface area contributed by atoms with E-state index in [1.807, 2.05) is 48.7 Å². The Balaban J connectivity index is 1.63. The van der Waals surface area contributed by atoms with Gasteiger partial charge in [0.2, 0.25) is 5.91 Å². The van der Waals surface area contributed by atoms with Crippen LogP contribution in [0.3, 0.4) is 0 Å². The number of thioether (sulfide) groups is 1. The molecule has 0 radical (unpaired) electrons. The summed E-state index contributed by atoms with van der Waals surface area (Å²) in [5.41, 5.74) is 0.896. The minimum Gasteiger partial charge on any atom is -0.348 e. The lowest BCUT2D eigenvalue weighted by atomic mass is 10.2. The second-order valence-corrected chi connectivity index (χ2v) is 6.73. The predicted molar refractivity (Wildman–Crippen MR) is 91.1 cm³/mol. The number of hydrogen-bond acceptors (Lipinski definition) is 5. The van der Waals surface area contributed by atoms with Crippen molar-refractivity contribution in [3.63, 3.8) is 0 Å². The molecule has 0 saturated heterocycles. The first-order valence-electron chi connectivity index (χ1n) is 6.89. The molecule has 1 amide bonds. The predicted octanol–water partition coefficient (Wildman–Crippen LogP) is 3.66. The van der Waals surface area contributed by atoms with Gasteiger partial charge in [0.15, 0.2) is 0 Å². The molecule has 22 heavy (non-hydrogen) atoms. The lowest BCUT2D eigenvalue weighted by molar-refractivity contribution is -0.119. The van der Waals surface area contributed by atoms with Crippen molar-refractivity contribution in [3.05, 3.63) is 53.0 Å². The van der Waals surface area contributed by atoms with Crippen molar-refractivity contribution in [1.29, 1.82) is 0 Å². The molecule has 0 aliphatic heterocycles. The third-order valence-corrected chi connectivity index (χ3v) is 5.25. The molecule has 0 bridgehead atoms. The van der Waals surface area contributed by atoms with Crippen LogP contribution < -0.4 is 5.32 Å². The Hall–Kier alpha value is -1.92. The molecule has 0 aliphatic rings. The number of aromatic nitrogens is 2. The van der Waals surface area contributed by atoms with Gasteiger partial charge in [-0.3, -0.25) is 4.79 Å². The Morgan fingerprint density at radius 2 is 2.14 bits per heavy atom. The quantitative estimate of drug-likeness (QED) is 0.573. The number of thiophene rings is 1. The molecule has 0 fully saturated rings. The molecule has 2 aromatic heterocycles. The topological polar surface area (TPSA) is 54.9 Å². The Labute approximate surface area is 137 Å². The van der Waals surface area contributed by atoms with Gasteiger partial charge in [0.1, 0.15) is 11.4 Å². The molecule has 0 aliphatic carbocycles. The summed E-state index contributed by atoms with van der Waals surface area (Å²) >= 11 is 3.08. The molecule has 0 unspecified atom stereocenters. The van der Waals surface area contributed by atoms with Crippen LogP contribution in [0.4, 0.5) is 0 Å². The van der Waals surface area contributed by atoms with Crippen LogP contribution in [-0.2, 0) is 4.79 Å². The number of para-hydroxylation sites is 1. The van der Waals surface area contributed by atoms with Crippen molar-refractivity contribution in [2.24, 2.45) is 0 Å². The van der Waals surface area contributed by atoms with Crippen molar-refractivity contribution in [1.82, 2.24) is 15.3 Å². The Bertz CT molecular complexity index is 769. The van der Waals surface area contributed by atoms with E-state index < -0.39 is 0 Å². The van der Waals surface area contributed by atoms with E-state index in [4.69, 9.17) is 0 Å². The number of carbonyl (C=O) groups is 1. The normalized spacial score (nSPS) is 12.2. The van der Waals surface area contributed by atoms with Gasteiger partial charge in [-0.15, -0.1) is 11.3 Å². The lowest BCUT2D eigenvalue weighted by Gasteiger charge is -2.12. The molecular formula is C16H15N3OS2. The van der Waals surface area contributed by atoms with E-state index in [2.05, 4.69) is 15.3 Å². The van der Waals surface area contributed by atoms with Crippen LogP contribution in [0.1, 0.15) is 17.8 Å².